The fraction of sp³-hybridized carbons (Fsp3) is 0.154. The molecule has 0 atom stereocenters. The number of carbonyl (C=O) groups is 1. The van der Waals surface area contributed by atoms with E-state index in [-0.39, 0.29) is 11.4 Å². The maximum atomic E-state index is 11.8. The third-order valence-corrected chi connectivity index (χ3v) is 2.43. The molecule has 0 aliphatic carbocycles. The number of aryl methyl sites for hydroxylation is 1. The van der Waals surface area contributed by atoms with Crippen molar-refractivity contribution in [3.63, 3.8) is 0 Å². The Bertz CT molecular complexity index is 552. The Labute approximate surface area is 105 Å². The zero-order valence-corrected chi connectivity index (χ0v) is 9.92. The van der Waals surface area contributed by atoms with Crippen LogP contribution in [0.15, 0.2) is 36.7 Å². The molecule has 5 heteroatoms. The minimum atomic E-state index is -0.409. The van der Waals surface area contributed by atoms with E-state index in [2.05, 4.69) is 15.3 Å². The summed E-state index contributed by atoms with van der Waals surface area (Å²) in [5, 5.41) is 12.2. The number of aromatic nitrogens is 2. The number of aromatic hydroxyl groups is 1. The highest BCUT2D eigenvalue weighted by Gasteiger charge is 2.11. The van der Waals surface area contributed by atoms with Crippen LogP contribution in [0.2, 0.25) is 0 Å². The van der Waals surface area contributed by atoms with Gasteiger partial charge in [0.05, 0.1) is 0 Å². The number of nitrogens with one attached hydrogen (secondary N) is 1. The number of rotatable bonds is 3. The van der Waals surface area contributed by atoms with Crippen LogP contribution in [-0.4, -0.2) is 21.0 Å². The molecule has 0 saturated heterocycles. The molecule has 2 aromatic rings. The third-order valence-electron chi connectivity index (χ3n) is 2.43. The summed E-state index contributed by atoms with van der Waals surface area (Å²) >= 11 is 0. The topological polar surface area (TPSA) is 75.1 Å². The number of carbonyl (C=O) groups excluding carboxylic acids is 1. The molecule has 0 fully saturated rings. The summed E-state index contributed by atoms with van der Waals surface area (Å²) in [6.07, 6.45) is 3.16. The van der Waals surface area contributed by atoms with E-state index in [1.165, 1.54) is 12.3 Å². The van der Waals surface area contributed by atoms with Crippen LogP contribution >= 0.6 is 0 Å². The predicted octanol–water partition coefficient (Wildman–Crippen LogP) is 1.42. The van der Waals surface area contributed by atoms with E-state index in [4.69, 9.17) is 0 Å². The molecule has 0 spiro atoms. The second-order valence-electron chi connectivity index (χ2n) is 3.86. The zero-order valence-electron chi connectivity index (χ0n) is 9.92. The van der Waals surface area contributed by atoms with E-state index in [0.717, 1.165) is 11.3 Å². The van der Waals surface area contributed by atoms with E-state index in [9.17, 15) is 9.90 Å². The van der Waals surface area contributed by atoms with Crippen molar-refractivity contribution in [1.82, 2.24) is 15.3 Å². The molecule has 2 heterocycles. The van der Waals surface area contributed by atoms with E-state index >= 15 is 0 Å². The molecule has 2 N–H and O–H groups in total. The first kappa shape index (κ1) is 12.0. The van der Waals surface area contributed by atoms with Crippen molar-refractivity contribution in [2.24, 2.45) is 0 Å². The van der Waals surface area contributed by atoms with Crippen LogP contribution < -0.4 is 5.32 Å². The van der Waals surface area contributed by atoms with Crippen molar-refractivity contribution < 1.29 is 9.90 Å². The summed E-state index contributed by atoms with van der Waals surface area (Å²) in [4.78, 5) is 19.7. The van der Waals surface area contributed by atoms with Gasteiger partial charge in [0.25, 0.3) is 5.91 Å². The van der Waals surface area contributed by atoms with Crippen LogP contribution in [0.5, 0.6) is 5.75 Å². The predicted molar refractivity (Wildman–Crippen MR) is 66.0 cm³/mol. The van der Waals surface area contributed by atoms with Crippen molar-refractivity contribution in [1.29, 1.82) is 0 Å². The molecule has 0 radical (unpaired) electrons. The first-order valence-corrected chi connectivity index (χ1v) is 5.50. The van der Waals surface area contributed by atoms with Crippen molar-refractivity contribution in [2.45, 2.75) is 13.5 Å². The van der Waals surface area contributed by atoms with Gasteiger partial charge in [-0.1, -0.05) is 6.07 Å². The Balaban J connectivity index is 2.01. The van der Waals surface area contributed by atoms with Gasteiger partial charge in [-0.15, -0.1) is 0 Å². The van der Waals surface area contributed by atoms with Crippen molar-refractivity contribution in [3.05, 3.63) is 53.6 Å². The van der Waals surface area contributed by atoms with Crippen LogP contribution in [0.3, 0.4) is 0 Å². The molecule has 5 nitrogen and oxygen atoms in total. The van der Waals surface area contributed by atoms with Gasteiger partial charge in [-0.25, -0.2) is 4.98 Å². The molecule has 18 heavy (non-hydrogen) atoms. The summed E-state index contributed by atoms with van der Waals surface area (Å²) in [7, 11) is 0. The average Bonchev–Trinajstić information content (AvgIpc) is 2.38. The van der Waals surface area contributed by atoms with Gasteiger partial charge in [-0.3, -0.25) is 9.78 Å². The maximum Gasteiger partial charge on any atom is 0.274 e. The van der Waals surface area contributed by atoms with E-state index in [1.54, 1.807) is 12.3 Å². The summed E-state index contributed by atoms with van der Waals surface area (Å²) in [5.74, 6) is -0.536. The fourth-order valence-electron chi connectivity index (χ4n) is 1.44. The first-order chi connectivity index (χ1) is 8.66. The van der Waals surface area contributed by atoms with Crippen LogP contribution in [-0.2, 0) is 6.54 Å². The van der Waals surface area contributed by atoms with Crippen molar-refractivity contribution in [3.8, 4) is 5.75 Å². The van der Waals surface area contributed by atoms with Gasteiger partial charge in [0, 0.05) is 24.6 Å². The molecule has 2 aromatic heterocycles. The molecule has 0 unspecified atom stereocenters. The Morgan fingerprint density at radius 3 is 2.83 bits per heavy atom. The molecule has 0 aliphatic rings. The maximum absolute atomic E-state index is 11.8. The zero-order chi connectivity index (χ0) is 13.0. The monoisotopic (exact) mass is 243 g/mol. The molecule has 92 valence electrons. The second-order valence-corrected chi connectivity index (χ2v) is 3.86. The average molecular weight is 243 g/mol. The largest absolute Gasteiger partial charge is 0.505 e. The highest BCUT2D eigenvalue weighted by molar-refractivity contribution is 5.94. The highest BCUT2D eigenvalue weighted by Crippen LogP contribution is 2.12. The summed E-state index contributed by atoms with van der Waals surface area (Å²) in [6, 6.07) is 6.76. The third kappa shape index (κ3) is 2.82. The Morgan fingerprint density at radius 1 is 1.33 bits per heavy atom. The SMILES string of the molecule is Cc1ccc(CNC(=O)c2ncccc2O)cn1. The lowest BCUT2D eigenvalue weighted by molar-refractivity contribution is 0.0943. The lowest BCUT2D eigenvalue weighted by Crippen LogP contribution is -2.23. The van der Waals surface area contributed by atoms with Crippen molar-refractivity contribution >= 4 is 5.91 Å². The molecular formula is C13H13N3O2. The molecule has 0 saturated carbocycles. The lowest BCUT2D eigenvalue weighted by atomic mass is 10.2. The summed E-state index contributed by atoms with van der Waals surface area (Å²) in [6.45, 7) is 2.25. The van der Waals surface area contributed by atoms with E-state index in [1.807, 2.05) is 19.1 Å². The normalized spacial score (nSPS) is 10.1. The van der Waals surface area contributed by atoms with Gasteiger partial charge in [0.1, 0.15) is 5.75 Å². The molecular weight excluding hydrogens is 230 g/mol. The van der Waals surface area contributed by atoms with Gasteiger partial charge in [0.15, 0.2) is 5.69 Å². The molecule has 0 bridgehead atoms. The number of hydrogen-bond acceptors (Lipinski definition) is 4. The summed E-state index contributed by atoms with van der Waals surface area (Å²) in [5.41, 5.74) is 1.84. The highest BCUT2D eigenvalue weighted by atomic mass is 16.3. The second kappa shape index (κ2) is 5.27. The van der Waals surface area contributed by atoms with Gasteiger partial charge >= 0.3 is 0 Å². The molecule has 0 aliphatic heterocycles. The van der Waals surface area contributed by atoms with Crippen LogP contribution in [0.25, 0.3) is 0 Å². The fourth-order valence-corrected chi connectivity index (χ4v) is 1.44. The minimum absolute atomic E-state index is 0.0255. The van der Waals surface area contributed by atoms with Gasteiger partial charge in [-0.05, 0) is 30.7 Å². The molecule has 2 rings (SSSR count). The Kier molecular flexibility index (Phi) is 3.52. The van der Waals surface area contributed by atoms with Crippen LogP contribution in [0, 0.1) is 6.92 Å². The van der Waals surface area contributed by atoms with E-state index < -0.39 is 5.91 Å². The number of pyridine rings is 2. The molecule has 1 amide bonds. The first-order valence-electron chi connectivity index (χ1n) is 5.50. The number of nitrogens with zero attached hydrogens (tertiary/aromatic N) is 2. The quantitative estimate of drug-likeness (QED) is 0.855. The standard InChI is InChI=1S/C13H13N3O2/c1-9-4-5-10(7-15-9)8-16-13(18)12-11(17)3-2-6-14-12/h2-7,17H,8H2,1H3,(H,16,18). The van der Waals surface area contributed by atoms with Crippen molar-refractivity contribution in [2.75, 3.05) is 0 Å². The number of hydrogen-bond donors (Lipinski definition) is 2. The number of amides is 1. The lowest BCUT2D eigenvalue weighted by Gasteiger charge is -2.05. The summed E-state index contributed by atoms with van der Waals surface area (Å²) < 4.78 is 0. The minimum Gasteiger partial charge on any atom is -0.505 e. The smallest absolute Gasteiger partial charge is 0.274 e. The van der Waals surface area contributed by atoms with E-state index in [0.29, 0.717) is 6.54 Å². The Hall–Kier alpha value is -2.43. The molecule has 0 aromatic carbocycles. The Morgan fingerprint density at radius 2 is 2.17 bits per heavy atom. The van der Waals surface area contributed by atoms with Gasteiger partial charge in [0.2, 0.25) is 0 Å². The van der Waals surface area contributed by atoms with Gasteiger partial charge < -0.3 is 10.4 Å². The van der Waals surface area contributed by atoms with Crippen LogP contribution in [0.4, 0.5) is 0 Å². The van der Waals surface area contributed by atoms with Gasteiger partial charge in [-0.2, -0.15) is 0 Å². The van der Waals surface area contributed by atoms with Crippen LogP contribution in [0.1, 0.15) is 21.7 Å².